The summed E-state index contributed by atoms with van der Waals surface area (Å²) in [5, 5.41) is 0.654. The van der Waals surface area contributed by atoms with Crippen LogP contribution in [0.1, 0.15) is 5.56 Å². The number of aromatic nitrogens is 1. The Labute approximate surface area is 166 Å². The molecular weight excluding hydrogens is 378 g/mol. The summed E-state index contributed by atoms with van der Waals surface area (Å²) >= 11 is 5.89. The van der Waals surface area contributed by atoms with Gasteiger partial charge in [0.2, 0.25) is 5.89 Å². The van der Waals surface area contributed by atoms with Crippen LogP contribution < -0.4 is 4.74 Å². The lowest BCUT2D eigenvalue weighted by atomic mass is 10.1. The van der Waals surface area contributed by atoms with E-state index in [1.54, 1.807) is 24.3 Å². The van der Waals surface area contributed by atoms with E-state index in [2.05, 4.69) is 9.72 Å². The van der Waals surface area contributed by atoms with Gasteiger partial charge in [-0.05, 0) is 54.1 Å². The second-order valence-corrected chi connectivity index (χ2v) is 6.59. The quantitative estimate of drug-likeness (QED) is 0.409. The van der Waals surface area contributed by atoms with Crippen LogP contribution in [-0.4, -0.2) is 18.1 Å². The van der Waals surface area contributed by atoms with Gasteiger partial charge in [0.15, 0.2) is 5.58 Å². The lowest BCUT2D eigenvalue weighted by molar-refractivity contribution is -0.139. The molecule has 0 spiro atoms. The Morgan fingerprint density at radius 3 is 2.43 bits per heavy atom. The van der Waals surface area contributed by atoms with Crippen LogP contribution >= 0.6 is 11.6 Å². The van der Waals surface area contributed by atoms with Crippen LogP contribution in [0.2, 0.25) is 5.02 Å². The number of hydrogen-bond donors (Lipinski definition) is 0. The van der Waals surface area contributed by atoms with Crippen molar-refractivity contribution in [2.24, 2.45) is 0 Å². The normalized spacial score (nSPS) is 10.8. The Hall–Kier alpha value is -3.31. The monoisotopic (exact) mass is 393 g/mol. The summed E-state index contributed by atoms with van der Waals surface area (Å²) in [6.45, 7) is 0. The maximum absolute atomic E-state index is 11.4. The number of rotatable bonds is 5. The van der Waals surface area contributed by atoms with Crippen molar-refractivity contribution in [3.05, 3.63) is 77.3 Å². The summed E-state index contributed by atoms with van der Waals surface area (Å²) in [6.07, 6.45) is 0.232. The van der Waals surface area contributed by atoms with Gasteiger partial charge >= 0.3 is 5.97 Å². The minimum Gasteiger partial charge on any atom is -0.469 e. The van der Waals surface area contributed by atoms with Crippen LogP contribution in [-0.2, 0) is 16.0 Å². The summed E-state index contributed by atoms with van der Waals surface area (Å²) in [6, 6.07) is 20.1. The van der Waals surface area contributed by atoms with E-state index in [1.165, 1.54) is 7.11 Å². The second-order valence-electron chi connectivity index (χ2n) is 6.15. The molecule has 0 aliphatic rings. The van der Waals surface area contributed by atoms with Gasteiger partial charge in [0.05, 0.1) is 13.5 Å². The lowest BCUT2D eigenvalue weighted by Crippen LogP contribution is -2.04. The van der Waals surface area contributed by atoms with Crippen molar-refractivity contribution in [1.82, 2.24) is 4.98 Å². The van der Waals surface area contributed by atoms with Gasteiger partial charge in [0.1, 0.15) is 17.0 Å². The van der Waals surface area contributed by atoms with Gasteiger partial charge < -0.3 is 13.9 Å². The number of nitrogens with zero attached hydrogens (tertiary/aromatic N) is 1. The molecule has 4 rings (SSSR count). The molecule has 6 heteroatoms. The molecule has 28 heavy (non-hydrogen) atoms. The molecule has 1 aromatic heterocycles. The SMILES string of the molecule is COC(=O)Cc1ccc(-c2nc3cc(Oc4ccc(Cl)cc4)ccc3o2)cc1. The molecule has 0 N–H and O–H groups in total. The van der Waals surface area contributed by atoms with E-state index in [-0.39, 0.29) is 12.4 Å². The standard InChI is InChI=1S/C22H16ClNO4/c1-26-21(25)12-14-2-4-15(5-3-14)22-24-19-13-18(10-11-20(19)28-22)27-17-8-6-16(23)7-9-17/h2-11,13H,12H2,1H3. The van der Waals surface area contributed by atoms with Crippen LogP contribution in [0.5, 0.6) is 11.5 Å². The van der Waals surface area contributed by atoms with Gasteiger partial charge in [0.25, 0.3) is 0 Å². The maximum atomic E-state index is 11.4. The van der Waals surface area contributed by atoms with Crippen LogP contribution in [0.4, 0.5) is 0 Å². The number of methoxy groups -OCH3 is 1. The zero-order valence-corrected chi connectivity index (χ0v) is 15.8. The smallest absolute Gasteiger partial charge is 0.309 e. The largest absolute Gasteiger partial charge is 0.469 e. The van der Waals surface area contributed by atoms with Crippen LogP contribution in [0.25, 0.3) is 22.6 Å². The molecule has 0 radical (unpaired) electrons. The zero-order chi connectivity index (χ0) is 19.5. The molecule has 0 fully saturated rings. The summed E-state index contributed by atoms with van der Waals surface area (Å²) in [4.78, 5) is 15.9. The average molecular weight is 394 g/mol. The summed E-state index contributed by atoms with van der Waals surface area (Å²) in [5.41, 5.74) is 3.05. The molecule has 3 aromatic carbocycles. The summed E-state index contributed by atoms with van der Waals surface area (Å²) < 4.78 is 16.4. The fourth-order valence-corrected chi connectivity index (χ4v) is 2.86. The van der Waals surface area contributed by atoms with Crippen LogP contribution in [0, 0.1) is 0 Å². The first-order chi connectivity index (χ1) is 13.6. The highest BCUT2D eigenvalue weighted by Crippen LogP contribution is 2.29. The van der Waals surface area contributed by atoms with Gasteiger partial charge in [0, 0.05) is 16.7 Å². The Kier molecular flexibility index (Phi) is 5.00. The van der Waals surface area contributed by atoms with Gasteiger partial charge in [-0.2, -0.15) is 0 Å². The van der Waals surface area contributed by atoms with Crippen molar-refractivity contribution >= 4 is 28.7 Å². The Morgan fingerprint density at radius 1 is 1.00 bits per heavy atom. The number of ether oxygens (including phenoxy) is 2. The van der Waals surface area contributed by atoms with Gasteiger partial charge in [-0.25, -0.2) is 4.98 Å². The third-order valence-electron chi connectivity index (χ3n) is 4.19. The molecule has 0 aliphatic heterocycles. The predicted molar refractivity (Wildman–Crippen MR) is 107 cm³/mol. The van der Waals surface area contributed by atoms with E-state index in [1.807, 2.05) is 42.5 Å². The third kappa shape index (κ3) is 4.00. The van der Waals surface area contributed by atoms with Crippen molar-refractivity contribution in [3.63, 3.8) is 0 Å². The van der Waals surface area contributed by atoms with Crippen molar-refractivity contribution in [1.29, 1.82) is 0 Å². The number of esters is 1. The molecular formula is C22H16ClNO4. The molecule has 0 unspecified atom stereocenters. The first-order valence-electron chi connectivity index (χ1n) is 8.61. The second kappa shape index (κ2) is 7.74. The fourth-order valence-electron chi connectivity index (χ4n) is 2.74. The molecule has 5 nitrogen and oxygen atoms in total. The number of hydrogen-bond acceptors (Lipinski definition) is 5. The van der Waals surface area contributed by atoms with Crippen molar-refractivity contribution < 1.29 is 18.7 Å². The first-order valence-corrected chi connectivity index (χ1v) is 8.99. The maximum Gasteiger partial charge on any atom is 0.309 e. The Morgan fingerprint density at radius 2 is 1.71 bits per heavy atom. The summed E-state index contributed by atoms with van der Waals surface area (Å²) in [5.74, 6) is 1.57. The molecule has 0 saturated carbocycles. The number of carbonyl (C=O) groups excluding carboxylic acids is 1. The number of benzene rings is 3. The van der Waals surface area contributed by atoms with E-state index in [9.17, 15) is 4.79 Å². The van der Waals surface area contributed by atoms with E-state index < -0.39 is 0 Å². The molecule has 0 bridgehead atoms. The molecule has 140 valence electrons. The first kappa shape index (κ1) is 18.1. The van der Waals surface area contributed by atoms with E-state index >= 15 is 0 Å². The lowest BCUT2D eigenvalue weighted by Gasteiger charge is -2.04. The van der Waals surface area contributed by atoms with E-state index in [4.69, 9.17) is 20.8 Å². The number of fused-ring (bicyclic) bond motifs is 1. The highest BCUT2D eigenvalue weighted by atomic mass is 35.5. The minimum atomic E-state index is -0.275. The van der Waals surface area contributed by atoms with Gasteiger partial charge in [-0.3, -0.25) is 4.79 Å². The van der Waals surface area contributed by atoms with Crippen LogP contribution in [0.15, 0.2) is 71.1 Å². The Bertz CT molecular complexity index is 1120. The number of halogens is 1. The molecule has 1 heterocycles. The Balaban J connectivity index is 1.56. The van der Waals surface area contributed by atoms with Crippen molar-refractivity contribution in [3.8, 4) is 23.0 Å². The molecule has 0 saturated heterocycles. The zero-order valence-electron chi connectivity index (χ0n) is 15.0. The van der Waals surface area contributed by atoms with E-state index in [0.29, 0.717) is 33.5 Å². The molecule has 4 aromatic rings. The highest BCUT2D eigenvalue weighted by molar-refractivity contribution is 6.30. The molecule has 0 aliphatic carbocycles. The fraction of sp³-hybridized carbons (Fsp3) is 0.0909. The van der Waals surface area contributed by atoms with Crippen molar-refractivity contribution in [2.45, 2.75) is 6.42 Å². The predicted octanol–water partition coefficient (Wildman–Crippen LogP) is 5.66. The number of oxazole rings is 1. The van der Waals surface area contributed by atoms with E-state index in [0.717, 1.165) is 11.1 Å². The summed E-state index contributed by atoms with van der Waals surface area (Å²) in [7, 11) is 1.37. The van der Waals surface area contributed by atoms with Crippen molar-refractivity contribution in [2.75, 3.05) is 7.11 Å². The molecule has 0 atom stereocenters. The average Bonchev–Trinajstić information content (AvgIpc) is 3.13. The highest BCUT2D eigenvalue weighted by Gasteiger charge is 2.11. The molecule has 0 amide bonds. The topological polar surface area (TPSA) is 61.6 Å². The van der Waals surface area contributed by atoms with Gasteiger partial charge in [-0.1, -0.05) is 23.7 Å². The minimum absolute atomic E-state index is 0.232. The van der Waals surface area contributed by atoms with Gasteiger partial charge in [-0.15, -0.1) is 0 Å². The third-order valence-corrected chi connectivity index (χ3v) is 4.44. The van der Waals surface area contributed by atoms with Crippen LogP contribution in [0.3, 0.4) is 0 Å². The number of carbonyl (C=O) groups is 1.